The van der Waals surface area contributed by atoms with Crippen molar-refractivity contribution in [3.63, 3.8) is 0 Å². The smallest absolute Gasteiger partial charge is 0.342 e. The molecule has 0 amide bonds. The molecule has 2 aromatic carbocycles. The normalized spacial score (nSPS) is 13.9. The zero-order valence-corrected chi connectivity index (χ0v) is 16.9. The predicted molar refractivity (Wildman–Crippen MR) is 112 cm³/mol. The van der Waals surface area contributed by atoms with E-state index < -0.39 is 11.8 Å². The highest BCUT2D eigenvalue weighted by Gasteiger charge is 2.31. The van der Waals surface area contributed by atoms with Gasteiger partial charge in [-0.1, -0.05) is 18.9 Å². The van der Waals surface area contributed by atoms with Crippen molar-refractivity contribution >= 4 is 28.4 Å². The third-order valence-electron chi connectivity index (χ3n) is 5.64. The summed E-state index contributed by atoms with van der Waals surface area (Å²) in [4.78, 5) is 18.0. The molecule has 1 N–H and O–H groups in total. The van der Waals surface area contributed by atoms with Crippen LogP contribution in [0, 0.1) is 17.1 Å². The van der Waals surface area contributed by atoms with Crippen molar-refractivity contribution in [1.29, 1.82) is 5.26 Å². The Balaban J connectivity index is 1.95. The second kappa shape index (κ2) is 8.07. The van der Waals surface area contributed by atoms with E-state index in [1.54, 1.807) is 30.3 Å². The molecule has 154 valence electrons. The number of nitriles is 1. The summed E-state index contributed by atoms with van der Waals surface area (Å²) in [6.45, 7) is 0. The minimum atomic E-state index is -0.488. The summed E-state index contributed by atoms with van der Waals surface area (Å²) < 4.78 is 24.7. The Labute approximate surface area is 173 Å². The maximum absolute atomic E-state index is 14.6. The number of H-pyrrole nitrogens is 1. The molecule has 1 aromatic heterocycles. The third kappa shape index (κ3) is 3.35. The fourth-order valence-electron chi connectivity index (χ4n) is 4.23. The standard InChI is InChI=1S/C23H22FN3O3/c1-29-20-10-8-16(12-18(20)24)27(15-5-3-4-6-15)22-21(23(28)30-2)17-9-7-14(13-25)11-19(17)26-22/h7-12,15,26H,3-6H2,1-2H3. The Bertz CT molecular complexity index is 1140. The molecule has 0 unspecified atom stereocenters. The molecular weight excluding hydrogens is 385 g/mol. The van der Waals surface area contributed by atoms with Crippen molar-refractivity contribution in [2.75, 3.05) is 19.1 Å². The van der Waals surface area contributed by atoms with Gasteiger partial charge in [-0.2, -0.15) is 5.26 Å². The third-order valence-corrected chi connectivity index (χ3v) is 5.64. The van der Waals surface area contributed by atoms with Gasteiger partial charge in [-0.05, 0) is 37.1 Å². The molecule has 7 heteroatoms. The number of nitrogens with zero attached hydrogens (tertiary/aromatic N) is 2. The van der Waals surface area contributed by atoms with E-state index in [2.05, 4.69) is 11.1 Å². The average Bonchev–Trinajstić information content (AvgIpc) is 3.41. The number of esters is 1. The first-order valence-electron chi connectivity index (χ1n) is 9.84. The first kappa shape index (κ1) is 19.8. The number of aromatic nitrogens is 1. The molecule has 3 aromatic rings. The number of carbonyl (C=O) groups is 1. The molecule has 4 rings (SSSR count). The number of ether oxygens (including phenoxy) is 2. The number of benzene rings is 2. The maximum atomic E-state index is 14.6. The van der Waals surface area contributed by atoms with Crippen LogP contribution in [0.2, 0.25) is 0 Å². The number of aromatic amines is 1. The van der Waals surface area contributed by atoms with Crippen LogP contribution in [0.25, 0.3) is 10.9 Å². The Kier molecular flexibility index (Phi) is 5.32. The molecule has 0 spiro atoms. The number of rotatable bonds is 5. The molecular formula is C23H22FN3O3. The van der Waals surface area contributed by atoms with E-state index in [0.29, 0.717) is 33.5 Å². The SMILES string of the molecule is COC(=O)c1c(N(c2ccc(OC)c(F)c2)C2CCCC2)[nH]c2cc(C#N)ccc12. The molecule has 0 saturated heterocycles. The minimum absolute atomic E-state index is 0.102. The lowest BCUT2D eigenvalue weighted by Gasteiger charge is -2.31. The lowest BCUT2D eigenvalue weighted by atomic mass is 10.1. The monoisotopic (exact) mass is 407 g/mol. The minimum Gasteiger partial charge on any atom is -0.494 e. The maximum Gasteiger partial charge on any atom is 0.342 e. The van der Waals surface area contributed by atoms with Crippen molar-refractivity contribution in [2.45, 2.75) is 31.7 Å². The number of nitrogens with one attached hydrogen (secondary N) is 1. The van der Waals surface area contributed by atoms with E-state index in [1.807, 2.05) is 4.90 Å². The zero-order chi connectivity index (χ0) is 21.3. The van der Waals surface area contributed by atoms with Crippen molar-refractivity contribution < 1.29 is 18.7 Å². The van der Waals surface area contributed by atoms with Crippen LogP contribution in [0.15, 0.2) is 36.4 Å². The lowest BCUT2D eigenvalue weighted by Crippen LogP contribution is -2.30. The quantitative estimate of drug-likeness (QED) is 0.599. The molecule has 1 aliphatic rings. The van der Waals surface area contributed by atoms with E-state index >= 15 is 0 Å². The van der Waals surface area contributed by atoms with Gasteiger partial charge >= 0.3 is 5.97 Å². The Morgan fingerprint density at radius 2 is 1.97 bits per heavy atom. The van der Waals surface area contributed by atoms with E-state index in [4.69, 9.17) is 9.47 Å². The number of halogens is 1. The van der Waals surface area contributed by atoms with Crippen LogP contribution in [0.4, 0.5) is 15.9 Å². The fourth-order valence-corrected chi connectivity index (χ4v) is 4.23. The number of methoxy groups -OCH3 is 2. The van der Waals surface area contributed by atoms with Gasteiger partial charge in [0.1, 0.15) is 11.4 Å². The summed E-state index contributed by atoms with van der Waals surface area (Å²) in [5, 5.41) is 9.91. The number of anilines is 2. The van der Waals surface area contributed by atoms with Crippen LogP contribution in [-0.2, 0) is 4.74 Å². The number of carbonyl (C=O) groups excluding carboxylic acids is 1. The fraction of sp³-hybridized carbons (Fsp3) is 0.304. The molecule has 0 atom stereocenters. The van der Waals surface area contributed by atoms with Gasteiger partial charge in [0.05, 0.1) is 25.9 Å². The molecule has 0 aliphatic heterocycles. The Hall–Kier alpha value is -3.53. The van der Waals surface area contributed by atoms with E-state index in [-0.39, 0.29) is 11.8 Å². The van der Waals surface area contributed by atoms with Gasteiger partial charge < -0.3 is 19.4 Å². The second-order valence-electron chi connectivity index (χ2n) is 7.34. The molecule has 1 heterocycles. The molecule has 6 nitrogen and oxygen atoms in total. The average molecular weight is 407 g/mol. The molecule has 1 fully saturated rings. The summed E-state index contributed by atoms with van der Waals surface area (Å²) >= 11 is 0. The van der Waals surface area contributed by atoms with Crippen LogP contribution >= 0.6 is 0 Å². The van der Waals surface area contributed by atoms with Gasteiger partial charge in [-0.25, -0.2) is 9.18 Å². The predicted octanol–water partition coefficient (Wildman–Crippen LogP) is 5.05. The number of fused-ring (bicyclic) bond motifs is 1. The summed E-state index contributed by atoms with van der Waals surface area (Å²) in [5.41, 5.74) is 2.13. The highest BCUT2D eigenvalue weighted by molar-refractivity contribution is 6.10. The van der Waals surface area contributed by atoms with Crippen molar-refractivity contribution in [3.05, 3.63) is 53.3 Å². The van der Waals surface area contributed by atoms with E-state index in [1.165, 1.54) is 20.3 Å². The summed E-state index contributed by atoms with van der Waals surface area (Å²) in [6, 6.07) is 12.1. The molecule has 0 bridgehead atoms. The molecule has 1 saturated carbocycles. The van der Waals surface area contributed by atoms with Gasteiger partial charge in [0.2, 0.25) is 0 Å². The van der Waals surface area contributed by atoms with Crippen LogP contribution in [0.1, 0.15) is 41.6 Å². The lowest BCUT2D eigenvalue weighted by molar-refractivity contribution is 0.0604. The van der Waals surface area contributed by atoms with Crippen LogP contribution in [-0.4, -0.2) is 31.2 Å². The second-order valence-corrected chi connectivity index (χ2v) is 7.34. The summed E-state index contributed by atoms with van der Waals surface area (Å²) in [7, 11) is 2.76. The zero-order valence-electron chi connectivity index (χ0n) is 16.9. The number of hydrogen-bond donors (Lipinski definition) is 1. The first-order valence-corrected chi connectivity index (χ1v) is 9.84. The van der Waals surface area contributed by atoms with Crippen molar-refractivity contribution in [2.24, 2.45) is 0 Å². The van der Waals surface area contributed by atoms with Crippen LogP contribution in [0.3, 0.4) is 0 Å². The van der Waals surface area contributed by atoms with E-state index in [0.717, 1.165) is 25.7 Å². The largest absolute Gasteiger partial charge is 0.494 e. The first-order chi connectivity index (χ1) is 14.6. The Morgan fingerprint density at radius 1 is 1.20 bits per heavy atom. The molecule has 0 radical (unpaired) electrons. The summed E-state index contributed by atoms with van der Waals surface area (Å²) in [5.74, 6) is -0.254. The highest BCUT2D eigenvalue weighted by atomic mass is 19.1. The van der Waals surface area contributed by atoms with Crippen LogP contribution in [0.5, 0.6) is 5.75 Å². The van der Waals surface area contributed by atoms with Crippen molar-refractivity contribution in [1.82, 2.24) is 4.98 Å². The molecule has 1 aliphatic carbocycles. The van der Waals surface area contributed by atoms with Gasteiger partial charge in [0, 0.05) is 28.7 Å². The van der Waals surface area contributed by atoms with Gasteiger partial charge in [-0.3, -0.25) is 0 Å². The van der Waals surface area contributed by atoms with E-state index in [9.17, 15) is 14.4 Å². The topological polar surface area (TPSA) is 78.3 Å². The van der Waals surface area contributed by atoms with Gasteiger partial charge in [-0.15, -0.1) is 0 Å². The Morgan fingerprint density at radius 3 is 2.60 bits per heavy atom. The van der Waals surface area contributed by atoms with Gasteiger partial charge in [0.25, 0.3) is 0 Å². The summed E-state index contributed by atoms with van der Waals surface area (Å²) in [6.07, 6.45) is 3.97. The molecule has 30 heavy (non-hydrogen) atoms. The van der Waals surface area contributed by atoms with Gasteiger partial charge in [0.15, 0.2) is 11.6 Å². The van der Waals surface area contributed by atoms with Crippen LogP contribution < -0.4 is 9.64 Å². The van der Waals surface area contributed by atoms with Crippen molar-refractivity contribution in [3.8, 4) is 11.8 Å². The highest BCUT2D eigenvalue weighted by Crippen LogP contribution is 2.40. The number of hydrogen-bond acceptors (Lipinski definition) is 5.